The number of carbonyl (C=O) groups excluding carboxylic acids is 2. The molecule has 0 saturated carbocycles. The molecule has 0 aliphatic heterocycles. The van der Waals surface area contributed by atoms with Gasteiger partial charge < -0.3 is 30.0 Å². The first kappa shape index (κ1) is 24.7. The van der Waals surface area contributed by atoms with Crippen LogP contribution >= 0.6 is 11.6 Å². The summed E-state index contributed by atoms with van der Waals surface area (Å²) < 4.78 is 15.1. The fourth-order valence-electron chi connectivity index (χ4n) is 2.56. The smallest absolute Gasteiger partial charge is 0.412 e. The number of amides is 2. The summed E-state index contributed by atoms with van der Waals surface area (Å²) in [6, 6.07) is 8.93. The molecular weight excluding hydrogens is 440 g/mol. The van der Waals surface area contributed by atoms with Crippen LogP contribution in [0.5, 0.6) is 5.75 Å². The number of carboxylic acids is 1. The SMILES string of the molecule is C=C(C)OC(=O)NCc1ccc(Cl)c(C(=O)Nc2ccc(OCCOC)c(C(=O)O)c2)c1. The molecule has 0 bridgehead atoms. The molecule has 0 heterocycles. The molecule has 2 aromatic carbocycles. The molecule has 0 fully saturated rings. The second-order valence-corrected chi connectivity index (χ2v) is 6.98. The van der Waals surface area contributed by atoms with Gasteiger partial charge in [0.2, 0.25) is 0 Å². The van der Waals surface area contributed by atoms with Crippen molar-refractivity contribution in [1.29, 1.82) is 0 Å². The van der Waals surface area contributed by atoms with Gasteiger partial charge in [-0.05, 0) is 42.8 Å². The molecule has 170 valence electrons. The number of methoxy groups -OCH3 is 1. The summed E-state index contributed by atoms with van der Waals surface area (Å²) in [6.07, 6.45) is -0.674. The van der Waals surface area contributed by atoms with Crippen LogP contribution in [0, 0.1) is 0 Å². The van der Waals surface area contributed by atoms with Crippen molar-refractivity contribution in [2.75, 3.05) is 25.6 Å². The first-order valence-electron chi connectivity index (χ1n) is 9.41. The predicted octanol–water partition coefficient (Wildman–Crippen LogP) is 4.08. The highest BCUT2D eigenvalue weighted by atomic mass is 35.5. The number of hydrogen-bond donors (Lipinski definition) is 3. The highest BCUT2D eigenvalue weighted by Crippen LogP contribution is 2.25. The quantitative estimate of drug-likeness (QED) is 0.359. The number of hydrogen-bond acceptors (Lipinski definition) is 6. The van der Waals surface area contributed by atoms with Crippen molar-refractivity contribution in [2.24, 2.45) is 0 Å². The molecule has 32 heavy (non-hydrogen) atoms. The number of ether oxygens (including phenoxy) is 3. The largest absolute Gasteiger partial charge is 0.490 e. The number of benzene rings is 2. The summed E-state index contributed by atoms with van der Waals surface area (Å²) in [5, 5.41) is 14.8. The van der Waals surface area contributed by atoms with Gasteiger partial charge in [0.15, 0.2) is 0 Å². The second-order valence-electron chi connectivity index (χ2n) is 6.57. The monoisotopic (exact) mass is 462 g/mol. The number of halogens is 1. The van der Waals surface area contributed by atoms with E-state index in [1.54, 1.807) is 13.0 Å². The lowest BCUT2D eigenvalue weighted by Crippen LogP contribution is -2.23. The van der Waals surface area contributed by atoms with E-state index in [1.807, 2.05) is 0 Å². The number of nitrogens with one attached hydrogen (secondary N) is 2. The van der Waals surface area contributed by atoms with Gasteiger partial charge in [-0.25, -0.2) is 9.59 Å². The van der Waals surface area contributed by atoms with Crippen LogP contribution in [0.1, 0.15) is 33.2 Å². The van der Waals surface area contributed by atoms with Gasteiger partial charge in [-0.15, -0.1) is 0 Å². The Hall–Kier alpha value is -3.56. The molecule has 2 amide bonds. The van der Waals surface area contributed by atoms with E-state index in [0.29, 0.717) is 12.2 Å². The average Bonchev–Trinajstić information content (AvgIpc) is 2.73. The van der Waals surface area contributed by atoms with Crippen molar-refractivity contribution >= 4 is 35.3 Å². The van der Waals surface area contributed by atoms with Crippen LogP contribution in [0.2, 0.25) is 5.02 Å². The van der Waals surface area contributed by atoms with Crippen molar-refractivity contribution in [2.45, 2.75) is 13.5 Å². The summed E-state index contributed by atoms with van der Waals surface area (Å²) in [4.78, 5) is 35.9. The van der Waals surface area contributed by atoms with Gasteiger partial charge in [0, 0.05) is 19.3 Å². The van der Waals surface area contributed by atoms with Crippen LogP contribution in [0.3, 0.4) is 0 Å². The van der Waals surface area contributed by atoms with Crippen LogP contribution in [-0.4, -0.2) is 43.4 Å². The number of allylic oxidation sites excluding steroid dienone is 1. The van der Waals surface area contributed by atoms with Gasteiger partial charge in [-0.2, -0.15) is 0 Å². The number of aromatic carboxylic acids is 1. The third kappa shape index (κ3) is 7.29. The van der Waals surface area contributed by atoms with E-state index in [-0.39, 0.29) is 46.5 Å². The zero-order valence-electron chi connectivity index (χ0n) is 17.6. The third-order valence-electron chi connectivity index (χ3n) is 3.99. The van der Waals surface area contributed by atoms with E-state index in [9.17, 15) is 19.5 Å². The van der Waals surface area contributed by atoms with Gasteiger partial charge in [-0.3, -0.25) is 4.79 Å². The Bertz CT molecular complexity index is 1020. The van der Waals surface area contributed by atoms with E-state index < -0.39 is 18.0 Å². The Balaban J connectivity index is 2.14. The summed E-state index contributed by atoms with van der Waals surface area (Å²) in [5.41, 5.74) is 0.887. The zero-order valence-corrected chi connectivity index (χ0v) is 18.3. The van der Waals surface area contributed by atoms with Crippen molar-refractivity contribution in [3.8, 4) is 5.75 Å². The molecule has 10 heteroatoms. The van der Waals surface area contributed by atoms with E-state index >= 15 is 0 Å². The molecule has 2 rings (SSSR count). The lowest BCUT2D eigenvalue weighted by Gasteiger charge is -2.12. The van der Waals surface area contributed by atoms with Gasteiger partial charge in [0.1, 0.15) is 17.9 Å². The minimum Gasteiger partial charge on any atom is -0.490 e. The number of carboxylic acid groups (broad SMARTS) is 1. The maximum Gasteiger partial charge on any atom is 0.412 e. The summed E-state index contributed by atoms with van der Waals surface area (Å²) in [6.45, 7) is 5.59. The molecule has 2 aromatic rings. The maximum atomic E-state index is 12.7. The van der Waals surface area contributed by atoms with E-state index in [0.717, 1.165) is 0 Å². The highest BCUT2D eigenvalue weighted by molar-refractivity contribution is 6.34. The third-order valence-corrected chi connectivity index (χ3v) is 4.32. The minimum absolute atomic E-state index is 0.0975. The lowest BCUT2D eigenvalue weighted by molar-refractivity contribution is 0.0689. The number of rotatable bonds is 10. The molecule has 0 unspecified atom stereocenters. The fourth-order valence-corrected chi connectivity index (χ4v) is 2.76. The van der Waals surface area contributed by atoms with Gasteiger partial charge in [-0.1, -0.05) is 24.2 Å². The van der Waals surface area contributed by atoms with Crippen LogP contribution < -0.4 is 15.4 Å². The normalized spacial score (nSPS) is 10.2. The Morgan fingerprint density at radius 1 is 1.09 bits per heavy atom. The molecule has 0 aliphatic rings. The van der Waals surface area contributed by atoms with Crippen LogP contribution in [0.15, 0.2) is 48.7 Å². The maximum absolute atomic E-state index is 12.7. The molecular formula is C22H23ClN2O7. The first-order chi connectivity index (χ1) is 15.2. The van der Waals surface area contributed by atoms with Gasteiger partial charge >= 0.3 is 12.1 Å². The van der Waals surface area contributed by atoms with E-state index in [1.165, 1.54) is 37.4 Å². The van der Waals surface area contributed by atoms with Crippen molar-refractivity contribution in [3.05, 3.63) is 70.4 Å². The number of anilines is 1. The van der Waals surface area contributed by atoms with Gasteiger partial charge in [0.05, 0.1) is 23.0 Å². The summed E-state index contributed by atoms with van der Waals surface area (Å²) in [7, 11) is 1.50. The molecule has 0 aromatic heterocycles. The molecule has 0 saturated heterocycles. The second kappa shape index (κ2) is 11.7. The fraction of sp³-hybridized carbons (Fsp3) is 0.227. The Kier molecular flexibility index (Phi) is 9.06. The van der Waals surface area contributed by atoms with Crippen molar-refractivity contribution in [1.82, 2.24) is 5.32 Å². The van der Waals surface area contributed by atoms with E-state index in [4.69, 9.17) is 25.8 Å². The molecule has 0 radical (unpaired) electrons. The molecule has 0 atom stereocenters. The highest BCUT2D eigenvalue weighted by Gasteiger charge is 2.16. The topological polar surface area (TPSA) is 123 Å². The molecule has 9 nitrogen and oxygen atoms in total. The van der Waals surface area contributed by atoms with Gasteiger partial charge in [0.25, 0.3) is 5.91 Å². The van der Waals surface area contributed by atoms with Crippen molar-refractivity contribution in [3.63, 3.8) is 0 Å². The average molecular weight is 463 g/mol. The molecule has 0 aliphatic carbocycles. The van der Waals surface area contributed by atoms with Crippen molar-refractivity contribution < 1.29 is 33.7 Å². The minimum atomic E-state index is -1.21. The predicted molar refractivity (Wildman–Crippen MR) is 118 cm³/mol. The summed E-state index contributed by atoms with van der Waals surface area (Å²) >= 11 is 6.16. The standard InChI is InChI=1S/C22H23ClN2O7/c1-13(2)32-22(29)24-12-14-4-6-18(23)16(10-14)20(26)25-15-5-7-19(31-9-8-30-3)17(11-15)21(27)28/h4-7,10-11H,1,8-9,12H2,2-3H3,(H,24,29)(H,25,26)(H,27,28). The molecule has 3 N–H and O–H groups in total. The van der Waals surface area contributed by atoms with Crippen LogP contribution in [-0.2, 0) is 16.0 Å². The number of carbonyl (C=O) groups is 3. The zero-order chi connectivity index (χ0) is 23.7. The summed E-state index contributed by atoms with van der Waals surface area (Å²) in [5.74, 6) is -1.36. The lowest BCUT2D eigenvalue weighted by atomic mass is 10.1. The Morgan fingerprint density at radius 2 is 1.84 bits per heavy atom. The van der Waals surface area contributed by atoms with Crippen LogP contribution in [0.4, 0.5) is 10.5 Å². The first-order valence-corrected chi connectivity index (χ1v) is 9.79. The Labute approximate surface area is 189 Å². The number of alkyl carbamates (subject to hydrolysis) is 1. The molecule has 0 spiro atoms. The Morgan fingerprint density at radius 3 is 2.50 bits per heavy atom. The van der Waals surface area contributed by atoms with Crippen LogP contribution in [0.25, 0.3) is 0 Å². The van der Waals surface area contributed by atoms with E-state index in [2.05, 4.69) is 17.2 Å².